The summed E-state index contributed by atoms with van der Waals surface area (Å²) in [7, 11) is 0. The fraction of sp³-hybridized carbons (Fsp3) is 0.588. The summed E-state index contributed by atoms with van der Waals surface area (Å²) in [6.45, 7) is 10.7. The van der Waals surface area contributed by atoms with E-state index in [1.54, 1.807) is 20.8 Å². The lowest BCUT2D eigenvalue weighted by molar-refractivity contribution is -0.171. The van der Waals surface area contributed by atoms with E-state index in [1.807, 2.05) is 0 Å². The number of carbonyl (C=O) groups excluding carboxylic acids is 3. The highest BCUT2D eigenvalue weighted by molar-refractivity contribution is 6.01. The van der Waals surface area contributed by atoms with E-state index in [-0.39, 0.29) is 32.7 Å². The van der Waals surface area contributed by atoms with E-state index in [9.17, 15) is 14.4 Å². The molecule has 0 aromatic carbocycles. The summed E-state index contributed by atoms with van der Waals surface area (Å²) in [5, 5.41) is 0. The van der Waals surface area contributed by atoms with Gasteiger partial charge in [-0.25, -0.2) is 0 Å². The topological polar surface area (TPSA) is 78.9 Å². The maximum atomic E-state index is 12.4. The Morgan fingerprint density at radius 3 is 1.91 bits per heavy atom. The lowest BCUT2D eigenvalue weighted by Gasteiger charge is -2.25. The van der Waals surface area contributed by atoms with Gasteiger partial charge < -0.3 is 14.2 Å². The van der Waals surface area contributed by atoms with Gasteiger partial charge in [-0.05, 0) is 44.8 Å². The highest BCUT2D eigenvalue weighted by Gasteiger charge is 2.53. The summed E-state index contributed by atoms with van der Waals surface area (Å²) in [5.41, 5.74) is 0.763. The molecule has 1 rings (SSSR count). The van der Waals surface area contributed by atoms with Crippen molar-refractivity contribution in [1.29, 1.82) is 0 Å². The Balaban J connectivity index is 3.16. The van der Waals surface area contributed by atoms with E-state index in [4.69, 9.17) is 14.2 Å². The van der Waals surface area contributed by atoms with E-state index in [0.29, 0.717) is 5.57 Å². The smallest absolute Gasteiger partial charge is 0.324 e. The monoisotopic (exact) mass is 324 g/mol. The first-order chi connectivity index (χ1) is 10.8. The molecule has 0 saturated carbocycles. The van der Waals surface area contributed by atoms with Crippen LogP contribution in [0.2, 0.25) is 0 Å². The van der Waals surface area contributed by atoms with Crippen LogP contribution in [0.25, 0.3) is 0 Å². The predicted molar refractivity (Wildman–Crippen MR) is 83.4 cm³/mol. The van der Waals surface area contributed by atoms with Crippen LogP contribution in [0, 0.1) is 5.41 Å². The Bertz CT molecular complexity index is 525. The lowest BCUT2D eigenvalue weighted by Crippen LogP contribution is -2.40. The molecule has 0 heterocycles. The predicted octanol–water partition coefficient (Wildman–Crippen LogP) is 2.33. The van der Waals surface area contributed by atoms with Gasteiger partial charge in [0.15, 0.2) is 5.41 Å². The standard InChI is InChI=1S/C17H24O6/c1-6-21-15(19)17(16(20)22-7-2)8-13(10-23-12(5)18)14(9-17)11(3)4/h3,6-10H2,1-2,4-5H3. The van der Waals surface area contributed by atoms with Crippen molar-refractivity contribution >= 4 is 17.9 Å². The van der Waals surface area contributed by atoms with Gasteiger partial charge in [-0.15, -0.1) is 0 Å². The number of esters is 3. The van der Waals surface area contributed by atoms with Crippen molar-refractivity contribution in [2.75, 3.05) is 19.8 Å². The molecule has 0 amide bonds. The average Bonchev–Trinajstić information content (AvgIpc) is 2.87. The Hall–Kier alpha value is -2.11. The molecule has 0 aliphatic heterocycles. The third kappa shape index (κ3) is 4.21. The number of rotatable bonds is 7. The maximum absolute atomic E-state index is 12.4. The van der Waals surface area contributed by atoms with Crippen LogP contribution in [0.15, 0.2) is 23.3 Å². The van der Waals surface area contributed by atoms with Crippen LogP contribution in [0.5, 0.6) is 0 Å². The van der Waals surface area contributed by atoms with Gasteiger partial charge in [-0.1, -0.05) is 12.2 Å². The Morgan fingerprint density at radius 1 is 1.00 bits per heavy atom. The van der Waals surface area contributed by atoms with Crippen molar-refractivity contribution < 1.29 is 28.6 Å². The minimum Gasteiger partial charge on any atom is -0.465 e. The molecule has 0 bridgehead atoms. The maximum Gasteiger partial charge on any atom is 0.324 e. The van der Waals surface area contributed by atoms with Gasteiger partial charge >= 0.3 is 17.9 Å². The molecule has 0 N–H and O–H groups in total. The molecule has 6 nitrogen and oxygen atoms in total. The second-order valence-corrected chi connectivity index (χ2v) is 5.52. The number of hydrogen-bond acceptors (Lipinski definition) is 6. The van der Waals surface area contributed by atoms with Gasteiger partial charge in [0, 0.05) is 6.92 Å². The minimum atomic E-state index is -1.42. The summed E-state index contributed by atoms with van der Waals surface area (Å²) < 4.78 is 15.2. The molecule has 0 fully saturated rings. The number of carbonyl (C=O) groups is 3. The van der Waals surface area contributed by atoms with Crippen molar-refractivity contribution in [3.05, 3.63) is 23.3 Å². The van der Waals surface area contributed by atoms with E-state index in [1.165, 1.54) is 6.92 Å². The van der Waals surface area contributed by atoms with Crippen molar-refractivity contribution in [3.63, 3.8) is 0 Å². The fourth-order valence-corrected chi connectivity index (χ4v) is 2.65. The van der Waals surface area contributed by atoms with Crippen LogP contribution >= 0.6 is 0 Å². The molecule has 23 heavy (non-hydrogen) atoms. The molecular formula is C17H24O6. The Kier molecular flexibility index (Phi) is 6.54. The van der Waals surface area contributed by atoms with E-state index in [0.717, 1.165) is 11.1 Å². The van der Waals surface area contributed by atoms with Gasteiger partial charge in [0.25, 0.3) is 0 Å². The van der Waals surface area contributed by atoms with Crippen molar-refractivity contribution in [2.45, 2.75) is 40.5 Å². The average molecular weight is 324 g/mol. The first-order valence-electron chi connectivity index (χ1n) is 7.63. The zero-order valence-corrected chi connectivity index (χ0v) is 14.2. The summed E-state index contributed by atoms with van der Waals surface area (Å²) in [6, 6.07) is 0. The lowest BCUT2D eigenvalue weighted by atomic mass is 9.83. The van der Waals surface area contributed by atoms with Gasteiger partial charge in [-0.3, -0.25) is 14.4 Å². The third-order valence-corrected chi connectivity index (χ3v) is 3.72. The SMILES string of the molecule is C=C(C)C1=C(COC(C)=O)CC(C(=O)OCC)(C(=O)OCC)C1. The van der Waals surface area contributed by atoms with Crippen LogP contribution in [0.4, 0.5) is 0 Å². The van der Waals surface area contributed by atoms with E-state index in [2.05, 4.69) is 6.58 Å². The molecule has 6 heteroatoms. The first kappa shape index (κ1) is 18.9. The quantitative estimate of drug-likeness (QED) is 0.406. The highest BCUT2D eigenvalue weighted by Crippen LogP contribution is 2.46. The molecule has 0 atom stereocenters. The largest absolute Gasteiger partial charge is 0.465 e. The molecule has 0 radical (unpaired) electrons. The van der Waals surface area contributed by atoms with Crippen molar-refractivity contribution in [3.8, 4) is 0 Å². The molecule has 1 aliphatic rings. The Morgan fingerprint density at radius 2 is 1.52 bits per heavy atom. The molecule has 0 unspecified atom stereocenters. The van der Waals surface area contributed by atoms with Crippen LogP contribution in [0.3, 0.4) is 0 Å². The van der Waals surface area contributed by atoms with Crippen LogP contribution in [-0.2, 0) is 28.6 Å². The second-order valence-electron chi connectivity index (χ2n) is 5.52. The number of hydrogen-bond donors (Lipinski definition) is 0. The van der Waals surface area contributed by atoms with Crippen molar-refractivity contribution in [1.82, 2.24) is 0 Å². The molecule has 128 valence electrons. The van der Waals surface area contributed by atoms with E-state index >= 15 is 0 Å². The Labute approximate surface area is 136 Å². The van der Waals surface area contributed by atoms with Gasteiger partial charge in [0.2, 0.25) is 0 Å². The van der Waals surface area contributed by atoms with E-state index < -0.39 is 23.3 Å². The van der Waals surface area contributed by atoms with Crippen molar-refractivity contribution in [2.24, 2.45) is 5.41 Å². The number of allylic oxidation sites excluding steroid dienone is 2. The summed E-state index contributed by atoms with van der Waals surface area (Å²) in [4.78, 5) is 36.0. The van der Waals surface area contributed by atoms with Crippen LogP contribution < -0.4 is 0 Å². The summed E-state index contributed by atoms with van der Waals surface area (Å²) in [5.74, 6) is -1.66. The molecule has 0 aromatic rings. The van der Waals surface area contributed by atoms with Crippen LogP contribution in [0.1, 0.15) is 40.5 Å². The molecular weight excluding hydrogens is 300 g/mol. The zero-order chi connectivity index (χ0) is 17.6. The van der Waals surface area contributed by atoms with Crippen LogP contribution in [-0.4, -0.2) is 37.7 Å². The minimum absolute atomic E-state index is 0.0259. The normalized spacial score (nSPS) is 16.0. The summed E-state index contributed by atoms with van der Waals surface area (Å²) in [6.07, 6.45) is 0.261. The summed E-state index contributed by atoms with van der Waals surface area (Å²) >= 11 is 0. The molecule has 0 aromatic heterocycles. The highest BCUT2D eigenvalue weighted by atomic mass is 16.6. The zero-order valence-electron chi connectivity index (χ0n) is 14.2. The molecule has 1 aliphatic carbocycles. The fourth-order valence-electron chi connectivity index (χ4n) is 2.65. The van der Waals surface area contributed by atoms with Gasteiger partial charge in [0.1, 0.15) is 6.61 Å². The molecule has 0 saturated heterocycles. The second kappa shape index (κ2) is 7.94. The van der Waals surface area contributed by atoms with Gasteiger partial charge in [-0.2, -0.15) is 0 Å². The third-order valence-electron chi connectivity index (χ3n) is 3.72. The first-order valence-corrected chi connectivity index (χ1v) is 7.63. The number of ether oxygens (including phenoxy) is 3. The molecule has 0 spiro atoms. The van der Waals surface area contributed by atoms with Gasteiger partial charge in [0.05, 0.1) is 13.2 Å².